The van der Waals surface area contributed by atoms with Gasteiger partial charge in [-0.3, -0.25) is 9.36 Å². The molecule has 1 fully saturated rings. The molecule has 1 saturated heterocycles. The second-order valence-corrected chi connectivity index (χ2v) is 7.66. The number of aromatic nitrogens is 2. The van der Waals surface area contributed by atoms with E-state index in [1.165, 1.54) is 22.9 Å². The Balaban J connectivity index is 1.70. The molecule has 0 aliphatic carbocycles. The molecule has 0 saturated carbocycles. The fraction of sp³-hybridized carbons (Fsp3) is 0.474. The highest BCUT2D eigenvalue weighted by Gasteiger charge is 2.26. The average molecular weight is 359 g/mol. The van der Waals surface area contributed by atoms with E-state index in [1.807, 2.05) is 24.9 Å². The number of carbonyl (C=O) groups excluding carboxylic acids is 1. The Hall–Kier alpha value is -1.79. The first kappa shape index (κ1) is 18.0. The van der Waals surface area contributed by atoms with Gasteiger partial charge in [0.25, 0.3) is 0 Å². The monoisotopic (exact) mass is 359 g/mol. The summed E-state index contributed by atoms with van der Waals surface area (Å²) in [5.41, 5.74) is 3.51. The van der Waals surface area contributed by atoms with Gasteiger partial charge in [-0.15, -0.1) is 0 Å². The second kappa shape index (κ2) is 7.62. The van der Waals surface area contributed by atoms with Crippen LogP contribution in [0, 0.1) is 13.8 Å². The van der Waals surface area contributed by atoms with Crippen LogP contribution in [0.25, 0.3) is 5.69 Å². The van der Waals surface area contributed by atoms with Gasteiger partial charge in [-0.1, -0.05) is 23.9 Å². The Kier molecular flexibility index (Phi) is 5.49. The predicted molar refractivity (Wildman–Crippen MR) is 100 cm³/mol. The summed E-state index contributed by atoms with van der Waals surface area (Å²) in [6.07, 6.45) is 3.92. The number of morpholine rings is 1. The maximum Gasteiger partial charge on any atom is 0.233 e. The van der Waals surface area contributed by atoms with Crippen LogP contribution in [0.5, 0.6) is 0 Å². The molecule has 0 spiro atoms. The number of carbonyl (C=O) groups is 1. The molecule has 1 amide bonds. The van der Waals surface area contributed by atoms with Gasteiger partial charge in [0.1, 0.15) is 0 Å². The highest BCUT2D eigenvalue weighted by Crippen LogP contribution is 2.24. The molecule has 5 nitrogen and oxygen atoms in total. The lowest BCUT2D eigenvalue weighted by Crippen LogP contribution is -2.48. The van der Waals surface area contributed by atoms with E-state index >= 15 is 0 Å². The van der Waals surface area contributed by atoms with Crippen LogP contribution in [-0.4, -0.2) is 51.4 Å². The minimum absolute atomic E-state index is 0.0922. The molecule has 2 aromatic rings. The van der Waals surface area contributed by atoms with Crippen LogP contribution in [0.15, 0.2) is 35.7 Å². The lowest BCUT2D eigenvalue weighted by atomic mass is 10.1. The van der Waals surface area contributed by atoms with Crippen LogP contribution in [-0.2, 0) is 9.53 Å². The van der Waals surface area contributed by atoms with E-state index < -0.39 is 0 Å². The summed E-state index contributed by atoms with van der Waals surface area (Å²) in [5, 5.41) is 0.844. The Morgan fingerprint density at radius 2 is 2.00 bits per heavy atom. The van der Waals surface area contributed by atoms with Gasteiger partial charge in [-0.05, 0) is 44.9 Å². The molecule has 25 heavy (non-hydrogen) atoms. The Morgan fingerprint density at radius 1 is 1.28 bits per heavy atom. The standard InChI is InChI=1S/C19H25N3O2S/c1-13-5-6-14(2)17(9-13)22-8-7-20-19(22)25-12-18(23)21-10-15(3)24-16(4)11-21/h5-9,15-16H,10-12H2,1-4H3. The lowest BCUT2D eigenvalue weighted by molar-refractivity contribution is -0.140. The molecule has 0 radical (unpaired) electrons. The zero-order valence-corrected chi connectivity index (χ0v) is 16.0. The van der Waals surface area contributed by atoms with Gasteiger partial charge >= 0.3 is 0 Å². The lowest BCUT2D eigenvalue weighted by Gasteiger charge is -2.35. The van der Waals surface area contributed by atoms with Gasteiger partial charge in [0.2, 0.25) is 5.91 Å². The first-order valence-electron chi connectivity index (χ1n) is 8.61. The van der Waals surface area contributed by atoms with E-state index in [-0.39, 0.29) is 18.1 Å². The molecule has 2 heterocycles. The van der Waals surface area contributed by atoms with Gasteiger partial charge in [0.15, 0.2) is 5.16 Å². The normalized spacial score (nSPS) is 20.7. The van der Waals surface area contributed by atoms with Gasteiger partial charge < -0.3 is 9.64 Å². The molecule has 134 valence electrons. The van der Waals surface area contributed by atoms with Crippen molar-refractivity contribution < 1.29 is 9.53 Å². The van der Waals surface area contributed by atoms with Crippen molar-refractivity contribution >= 4 is 17.7 Å². The maximum absolute atomic E-state index is 12.6. The van der Waals surface area contributed by atoms with E-state index in [9.17, 15) is 4.79 Å². The SMILES string of the molecule is Cc1ccc(C)c(-n2ccnc2SCC(=O)N2CC(C)OC(C)C2)c1. The summed E-state index contributed by atoms with van der Waals surface area (Å²) in [6.45, 7) is 9.51. The minimum atomic E-state index is 0.0922. The van der Waals surface area contributed by atoms with Gasteiger partial charge in [0.05, 0.1) is 23.6 Å². The van der Waals surface area contributed by atoms with Crippen LogP contribution in [0.4, 0.5) is 0 Å². The van der Waals surface area contributed by atoms with E-state index in [0.717, 1.165) is 10.8 Å². The smallest absolute Gasteiger partial charge is 0.233 e. The van der Waals surface area contributed by atoms with Crippen LogP contribution in [0.1, 0.15) is 25.0 Å². The van der Waals surface area contributed by atoms with Gasteiger partial charge in [0, 0.05) is 25.5 Å². The van der Waals surface area contributed by atoms with E-state index in [4.69, 9.17) is 4.74 Å². The van der Waals surface area contributed by atoms with Gasteiger partial charge in [-0.25, -0.2) is 4.98 Å². The number of hydrogen-bond donors (Lipinski definition) is 0. The molecule has 6 heteroatoms. The molecule has 2 unspecified atom stereocenters. The van der Waals surface area contributed by atoms with Crippen LogP contribution < -0.4 is 0 Å². The molecular weight excluding hydrogens is 334 g/mol. The zero-order chi connectivity index (χ0) is 18.0. The van der Waals surface area contributed by atoms with Crippen molar-refractivity contribution in [2.75, 3.05) is 18.8 Å². The predicted octanol–water partition coefficient (Wildman–Crippen LogP) is 3.22. The minimum Gasteiger partial charge on any atom is -0.372 e. The highest BCUT2D eigenvalue weighted by molar-refractivity contribution is 7.99. The molecular formula is C19H25N3O2S. The molecule has 1 aliphatic rings. The van der Waals surface area contributed by atoms with Crippen molar-refractivity contribution in [2.24, 2.45) is 0 Å². The fourth-order valence-electron chi connectivity index (χ4n) is 3.16. The first-order chi connectivity index (χ1) is 11.9. The Morgan fingerprint density at radius 3 is 2.72 bits per heavy atom. The van der Waals surface area contributed by atoms with E-state index in [2.05, 4.69) is 41.6 Å². The van der Waals surface area contributed by atoms with E-state index in [1.54, 1.807) is 6.20 Å². The van der Waals surface area contributed by atoms with Crippen molar-refractivity contribution in [3.63, 3.8) is 0 Å². The number of hydrogen-bond acceptors (Lipinski definition) is 4. The maximum atomic E-state index is 12.6. The van der Waals surface area contributed by atoms with Crippen molar-refractivity contribution in [3.05, 3.63) is 41.7 Å². The Labute approximate surface area is 153 Å². The third-order valence-corrected chi connectivity index (χ3v) is 5.28. The number of aryl methyl sites for hydroxylation is 2. The number of rotatable bonds is 4. The summed E-state index contributed by atoms with van der Waals surface area (Å²) >= 11 is 1.49. The number of imidazole rings is 1. The number of nitrogens with zero attached hydrogens (tertiary/aromatic N) is 3. The summed E-state index contributed by atoms with van der Waals surface area (Å²) in [4.78, 5) is 18.9. The Bertz CT molecular complexity index is 749. The van der Waals surface area contributed by atoms with Crippen molar-refractivity contribution in [1.29, 1.82) is 0 Å². The number of amides is 1. The molecule has 1 aliphatic heterocycles. The third-order valence-electron chi connectivity index (χ3n) is 4.33. The summed E-state index contributed by atoms with van der Waals surface area (Å²) < 4.78 is 7.76. The average Bonchev–Trinajstić information content (AvgIpc) is 3.02. The molecule has 3 rings (SSSR count). The van der Waals surface area contributed by atoms with Crippen molar-refractivity contribution in [3.8, 4) is 5.69 Å². The van der Waals surface area contributed by atoms with Crippen LogP contribution in [0.2, 0.25) is 0 Å². The second-order valence-electron chi connectivity index (χ2n) is 6.71. The van der Waals surface area contributed by atoms with E-state index in [0.29, 0.717) is 18.8 Å². The largest absolute Gasteiger partial charge is 0.372 e. The highest BCUT2D eigenvalue weighted by atomic mass is 32.2. The quantitative estimate of drug-likeness (QED) is 0.787. The van der Waals surface area contributed by atoms with Crippen molar-refractivity contribution in [2.45, 2.75) is 45.1 Å². The molecule has 0 bridgehead atoms. The molecule has 1 aromatic carbocycles. The van der Waals surface area contributed by atoms with Crippen LogP contribution in [0.3, 0.4) is 0 Å². The molecule has 0 N–H and O–H groups in total. The zero-order valence-electron chi connectivity index (χ0n) is 15.2. The van der Waals surface area contributed by atoms with Crippen LogP contribution >= 0.6 is 11.8 Å². The summed E-state index contributed by atoms with van der Waals surface area (Å²) in [5.74, 6) is 0.531. The van der Waals surface area contributed by atoms with Gasteiger partial charge in [-0.2, -0.15) is 0 Å². The third kappa shape index (κ3) is 4.25. The topological polar surface area (TPSA) is 47.4 Å². The molecule has 2 atom stereocenters. The molecule has 1 aromatic heterocycles. The number of thioether (sulfide) groups is 1. The number of benzene rings is 1. The first-order valence-corrected chi connectivity index (χ1v) is 9.59. The summed E-state index contributed by atoms with van der Waals surface area (Å²) in [6, 6.07) is 6.36. The summed E-state index contributed by atoms with van der Waals surface area (Å²) in [7, 11) is 0. The van der Waals surface area contributed by atoms with Crippen molar-refractivity contribution in [1.82, 2.24) is 14.5 Å². The number of ether oxygens (including phenoxy) is 1. The fourth-order valence-corrected chi connectivity index (χ4v) is 4.03.